The molecule has 1 unspecified atom stereocenters. The third-order valence-electron chi connectivity index (χ3n) is 4.43. The van der Waals surface area contributed by atoms with Gasteiger partial charge in [0.15, 0.2) is 0 Å². The summed E-state index contributed by atoms with van der Waals surface area (Å²) >= 11 is 0. The summed E-state index contributed by atoms with van der Waals surface area (Å²) in [5.74, 6) is -1.35. The number of hydrogen-bond acceptors (Lipinski definition) is 7. The molecular formula is C20H22FN5O4S. The van der Waals surface area contributed by atoms with Gasteiger partial charge in [0.25, 0.3) is 5.91 Å². The lowest BCUT2D eigenvalue weighted by Crippen LogP contribution is -2.33. The fourth-order valence-corrected chi connectivity index (χ4v) is 3.90. The van der Waals surface area contributed by atoms with Crippen molar-refractivity contribution in [3.05, 3.63) is 60.0 Å². The van der Waals surface area contributed by atoms with Gasteiger partial charge in [-0.1, -0.05) is 25.9 Å². The van der Waals surface area contributed by atoms with Crippen LogP contribution in [-0.2, 0) is 10.0 Å². The van der Waals surface area contributed by atoms with Gasteiger partial charge in [-0.15, -0.1) is 0 Å². The fourth-order valence-electron chi connectivity index (χ4n) is 2.83. The molecule has 0 bridgehead atoms. The van der Waals surface area contributed by atoms with Crippen LogP contribution in [0.3, 0.4) is 0 Å². The molecule has 0 saturated carbocycles. The van der Waals surface area contributed by atoms with Crippen molar-refractivity contribution in [3.8, 4) is 11.4 Å². The quantitative estimate of drug-likeness (QED) is 0.543. The number of carbonyl (C=O) groups is 1. The second-order valence-corrected chi connectivity index (χ2v) is 8.80. The number of halogens is 1. The number of aromatic nitrogens is 3. The van der Waals surface area contributed by atoms with Crippen LogP contribution in [0.2, 0.25) is 0 Å². The Bertz CT molecular complexity index is 1170. The van der Waals surface area contributed by atoms with E-state index in [1.165, 1.54) is 0 Å². The third-order valence-corrected chi connectivity index (χ3v) is 5.97. The molecule has 164 valence electrons. The smallest absolute Gasteiger partial charge is 0.254 e. The van der Waals surface area contributed by atoms with E-state index >= 15 is 0 Å². The predicted octanol–water partition coefficient (Wildman–Crippen LogP) is 2.70. The van der Waals surface area contributed by atoms with E-state index in [2.05, 4.69) is 25.2 Å². The first-order valence-corrected chi connectivity index (χ1v) is 11.0. The molecule has 9 nitrogen and oxygen atoms in total. The molecule has 11 heteroatoms. The van der Waals surface area contributed by atoms with Gasteiger partial charge in [0, 0.05) is 24.5 Å². The third kappa shape index (κ3) is 5.12. The zero-order chi connectivity index (χ0) is 22.6. The fraction of sp³-hybridized carbons (Fsp3) is 0.300. The molecular weight excluding hydrogens is 425 g/mol. The minimum atomic E-state index is -3.85. The molecule has 0 aliphatic heterocycles. The van der Waals surface area contributed by atoms with E-state index < -0.39 is 33.4 Å². The standard InChI is InChI=1S/C20H22FN5O4S/c1-4-23-31(28,29)14-5-6-16(21)15(11-14)19(27)24-17(12(2)3)20-25-18(26-30-20)13-7-9-22-10-8-13/h5-12,17,23H,4H2,1-3H3,(H,24,27). The number of carbonyl (C=O) groups excluding carboxylic acids is 1. The highest BCUT2D eigenvalue weighted by Crippen LogP contribution is 2.24. The van der Waals surface area contributed by atoms with E-state index in [-0.39, 0.29) is 23.2 Å². The zero-order valence-electron chi connectivity index (χ0n) is 17.2. The van der Waals surface area contributed by atoms with Gasteiger partial charge in [-0.05, 0) is 36.2 Å². The summed E-state index contributed by atoms with van der Waals surface area (Å²) in [6, 6.07) is 5.74. The molecule has 0 aliphatic carbocycles. The van der Waals surface area contributed by atoms with Crippen LogP contribution in [0, 0.1) is 11.7 Å². The molecule has 1 aromatic carbocycles. The van der Waals surface area contributed by atoms with Crippen LogP contribution in [0.4, 0.5) is 4.39 Å². The summed E-state index contributed by atoms with van der Waals surface area (Å²) in [5, 5.41) is 6.59. The Hall–Kier alpha value is -3.18. The molecule has 3 rings (SSSR count). The topological polar surface area (TPSA) is 127 Å². The molecule has 1 atom stereocenters. The van der Waals surface area contributed by atoms with Gasteiger partial charge in [-0.3, -0.25) is 9.78 Å². The molecule has 0 aliphatic rings. The molecule has 0 saturated heterocycles. The minimum Gasteiger partial charge on any atom is -0.340 e. The van der Waals surface area contributed by atoms with Crippen LogP contribution in [0.25, 0.3) is 11.4 Å². The number of amides is 1. The first-order valence-electron chi connectivity index (χ1n) is 9.57. The van der Waals surface area contributed by atoms with Crippen molar-refractivity contribution in [1.82, 2.24) is 25.2 Å². The Morgan fingerprint density at radius 1 is 1.19 bits per heavy atom. The van der Waals surface area contributed by atoms with Crippen molar-refractivity contribution < 1.29 is 22.1 Å². The van der Waals surface area contributed by atoms with Gasteiger partial charge in [0.1, 0.15) is 11.9 Å². The number of nitrogens with zero attached hydrogens (tertiary/aromatic N) is 3. The maximum absolute atomic E-state index is 14.3. The van der Waals surface area contributed by atoms with Gasteiger partial charge in [-0.25, -0.2) is 17.5 Å². The lowest BCUT2D eigenvalue weighted by molar-refractivity contribution is 0.0909. The maximum atomic E-state index is 14.3. The number of pyridine rings is 1. The van der Waals surface area contributed by atoms with Crippen LogP contribution in [0.1, 0.15) is 43.1 Å². The SMILES string of the molecule is CCNS(=O)(=O)c1ccc(F)c(C(=O)NC(c2nc(-c3ccncc3)no2)C(C)C)c1. The predicted molar refractivity (Wildman–Crippen MR) is 110 cm³/mol. The summed E-state index contributed by atoms with van der Waals surface area (Å²) in [5.41, 5.74) is 0.282. The average Bonchev–Trinajstić information content (AvgIpc) is 3.22. The number of hydrogen-bond donors (Lipinski definition) is 2. The summed E-state index contributed by atoms with van der Waals surface area (Å²) in [6.07, 6.45) is 3.18. The molecule has 2 N–H and O–H groups in total. The lowest BCUT2D eigenvalue weighted by atomic mass is 10.0. The van der Waals surface area contributed by atoms with Crippen molar-refractivity contribution in [2.24, 2.45) is 5.92 Å². The largest absolute Gasteiger partial charge is 0.340 e. The van der Waals surface area contributed by atoms with Crippen LogP contribution >= 0.6 is 0 Å². The van der Waals surface area contributed by atoms with Crippen molar-refractivity contribution in [3.63, 3.8) is 0 Å². The van der Waals surface area contributed by atoms with Crippen LogP contribution in [-0.4, -0.2) is 36.0 Å². The Morgan fingerprint density at radius 3 is 2.55 bits per heavy atom. The van der Waals surface area contributed by atoms with E-state index in [1.54, 1.807) is 31.5 Å². The average molecular weight is 447 g/mol. The normalized spacial score (nSPS) is 12.7. The number of benzene rings is 1. The summed E-state index contributed by atoms with van der Waals surface area (Å²) in [6.45, 7) is 5.42. The highest BCUT2D eigenvalue weighted by atomic mass is 32.2. The van der Waals surface area contributed by atoms with Crippen molar-refractivity contribution in [1.29, 1.82) is 0 Å². The monoisotopic (exact) mass is 447 g/mol. The van der Waals surface area contributed by atoms with Gasteiger partial charge in [0.05, 0.1) is 10.5 Å². The molecule has 2 aromatic heterocycles. The summed E-state index contributed by atoms with van der Waals surface area (Å²) < 4.78 is 46.4. The molecule has 31 heavy (non-hydrogen) atoms. The van der Waals surface area contributed by atoms with Crippen molar-refractivity contribution >= 4 is 15.9 Å². The highest BCUT2D eigenvalue weighted by molar-refractivity contribution is 7.89. The highest BCUT2D eigenvalue weighted by Gasteiger charge is 2.27. The van der Waals surface area contributed by atoms with Gasteiger partial charge >= 0.3 is 0 Å². The van der Waals surface area contributed by atoms with Crippen LogP contribution in [0.5, 0.6) is 0 Å². The first kappa shape index (κ1) is 22.5. The summed E-state index contributed by atoms with van der Waals surface area (Å²) in [4.78, 5) is 20.9. The molecule has 0 radical (unpaired) electrons. The Labute approximate surface area is 179 Å². The van der Waals surface area contributed by atoms with Gasteiger partial charge in [-0.2, -0.15) is 4.98 Å². The Balaban J connectivity index is 1.88. The maximum Gasteiger partial charge on any atom is 0.254 e. The number of sulfonamides is 1. The number of rotatable bonds is 8. The Kier molecular flexibility index (Phi) is 6.76. The second kappa shape index (κ2) is 9.31. The molecule has 0 fully saturated rings. The van der Waals surface area contributed by atoms with E-state index in [4.69, 9.17) is 4.52 Å². The van der Waals surface area contributed by atoms with Crippen molar-refractivity contribution in [2.75, 3.05) is 6.54 Å². The molecule has 1 amide bonds. The van der Waals surface area contributed by atoms with E-state index in [0.717, 1.165) is 18.2 Å². The minimum absolute atomic E-state index is 0.145. The van der Waals surface area contributed by atoms with E-state index in [0.29, 0.717) is 11.4 Å². The zero-order valence-corrected chi connectivity index (χ0v) is 18.0. The van der Waals surface area contributed by atoms with Crippen LogP contribution in [0.15, 0.2) is 52.1 Å². The van der Waals surface area contributed by atoms with Crippen LogP contribution < -0.4 is 10.0 Å². The summed E-state index contributed by atoms with van der Waals surface area (Å²) in [7, 11) is -3.85. The molecule has 3 aromatic rings. The lowest BCUT2D eigenvalue weighted by Gasteiger charge is -2.19. The first-order chi connectivity index (χ1) is 14.7. The van der Waals surface area contributed by atoms with Gasteiger partial charge in [0.2, 0.25) is 21.7 Å². The Morgan fingerprint density at radius 2 is 1.90 bits per heavy atom. The van der Waals surface area contributed by atoms with E-state index in [1.807, 2.05) is 13.8 Å². The molecule has 2 heterocycles. The van der Waals surface area contributed by atoms with E-state index in [9.17, 15) is 17.6 Å². The second-order valence-electron chi connectivity index (χ2n) is 7.03. The number of nitrogens with one attached hydrogen (secondary N) is 2. The van der Waals surface area contributed by atoms with Crippen molar-refractivity contribution in [2.45, 2.75) is 31.7 Å². The molecule has 0 spiro atoms. The van der Waals surface area contributed by atoms with Gasteiger partial charge < -0.3 is 9.84 Å².